The third-order valence-electron chi connectivity index (χ3n) is 2.36. The molecule has 0 aromatic rings. The van der Waals surface area contributed by atoms with Crippen LogP contribution in [0, 0.1) is 12.3 Å². The summed E-state index contributed by atoms with van der Waals surface area (Å²) in [6.45, 7) is 2.47. The average molecular weight is 256 g/mol. The number of urea groups is 1. The molecule has 0 bridgehead atoms. The maximum absolute atomic E-state index is 11.8. The van der Waals surface area contributed by atoms with E-state index in [0.29, 0.717) is 6.54 Å². The van der Waals surface area contributed by atoms with Gasteiger partial charge in [0.1, 0.15) is 6.04 Å². The number of terminal acetylenes is 1. The highest BCUT2D eigenvalue weighted by Crippen LogP contribution is 1.98. The molecule has 0 aromatic carbocycles. The van der Waals surface area contributed by atoms with Crippen molar-refractivity contribution in [2.75, 3.05) is 19.7 Å². The first kappa shape index (κ1) is 16.3. The molecule has 0 aliphatic rings. The number of amides is 2. The van der Waals surface area contributed by atoms with Crippen LogP contribution < -0.4 is 5.32 Å². The number of carboxylic acid groups (broad SMARTS) is 1. The fourth-order valence-corrected chi connectivity index (χ4v) is 1.34. The number of carbonyl (C=O) groups is 2. The highest BCUT2D eigenvalue weighted by molar-refractivity contribution is 5.82. The van der Waals surface area contributed by atoms with E-state index in [2.05, 4.69) is 11.2 Å². The molecular formula is C12H20N2O4. The predicted molar refractivity (Wildman–Crippen MR) is 67.0 cm³/mol. The van der Waals surface area contributed by atoms with E-state index >= 15 is 0 Å². The molecule has 0 fully saturated rings. The minimum atomic E-state index is -1.17. The van der Waals surface area contributed by atoms with Gasteiger partial charge < -0.3 is 20.4 Å². The van der Waals surface area contributed by atoms with Gasteiger partial charge in [0.15, 0.2) is 0 Å². The SMILES string of the molecule is C#CCC(NC(=O)N(CCO)CCCC)C(=O)O. The molecule has 0 aliphatic heterocycles. The first-order chi connectivity index (χ1) is 8.56. The van der Waals surface area contributed by atoms with E-state index in [-0.39, 0.29) is 19.6 Å². The lowest BCUT2D eigenvalue weighted by molar-refractivity contribution is -0.139. The summed E-state index contributed by atoms with van der Waals surface area (Å²) in [5.41, 5.74) is 0. The van der Waals surface area contributed by atoms with E-state index in [4.69, 9.17) is 16.6 Å². The molecule has 102 valence electrons. The summed E-state index contributed by atoms with van der Waals surface area (Å²) in [6.07, 6.45) is 6.67. The topological polar surface area (TPSA) is 89.9 Å². The number of aliphatic hydroxyl groups is 1. The Morgan fingerprint density at radius 3 is 2.56 bits per heavy atom. The Hall–Kier alpha value is -1.74. The van der Waals surface area contributed by atoms with Crippen LogP contribution in [-0.2, 0) is 4.79 Å². The third kappa shape index (κ3) is 6.11. The first-order valence-corrected chi connectivity index (χ1v) is 5.89. The third-order valence-corrected chi connectivity index (χ3v) is 2.36. The van der Waals surface area contributed by atoms with Gasteiger partial charge in [0.25, 0.3) is 0 Å². The zero-order valence-electron chi connectivity index (χ0n) is 10.6. The standard InChI is InChI=1S/C12H20N2O4/c1-3-5-7-14(8-9-15)12(18)13-10(6-4-2)11(16)17/h2,10,15H,3,5-9H2,1H3,(H,13,18)(H,16,17). The van der Waals surface area contributed by atoms with Gasteiger partial charge in [-0.3, -0.25) is 0 Å². The molecule has 0 radical (unpaired) electrons. The van der Waals surface area contributed by atoms with Gasteiger partial charge in [-0.25, -0.2) is 9.59 Å². The van der Waals surface area contributed by atoms with Gasteiger partial charge in [-0.15, -0.1) is 12.3 Å². The molecule has 6 nitrogen and oxygen atoms in total. The lowest BCUT2D eigenvalue weighted by Gasteiger charge is -2.23. The number of hydrogen-bond donors (Lipinski definition) is 3. The van der Waals surface area contributed by atoms with Gasteiger partial charge in [-0.05, 0) is 6.42 Å². The molecule has 0 heterocycles. The Morgan fingerprint density at radius 1 is 1.44 bits per heavy atom. The van der Waals surface area contributed by atoms with Crippen LogP contribution in [0.25, 0.3) is 0 Å². The summed E-state index contributed by atoms with van der Waals surface area (Å²) < 4.78 is 0. The minimum absolute atomic E-state index is 0.0676. The molecule has 0 saturated carbocycles. The molecule has 3 N–H and O–H groups in total. The smallest absolute Gasteiger partial charge is 0.327 e. The summed E-state index contributed by atoms with van der Waals surface area (Å²) in [6, 6.07) is -1.61. The van der Waals surface area contributed by atoms with Crippen molar-refractivity contribution in [1.29, 1.82) is 0 Å². The number of rotatable bonds is 8. The summed E-state index contributed by atoms with van der Waals surface area (Å²) >= 11 is 0. The van der Waals surface area contributed by atoms with E-state index < -0.39 is 18.0 Å². The zero-order chi connectivity index (χ0) is 14.0. The molecule has 0 spiro atoms. The van der Waals surface area contributed by atoms with E-state index in [1.54, 1.807) is 0 Å². The summed E-state index contributed by atoms with van der Waals surface area (Å²) in [5, 5.41) is 20.1. The van der Waals surface area contributed by atoms with Crippen LogP contribution in [0.15, 0.2) is 0 Å². The summed E-state index contributed by atoms with van der Waals surface area (Å²) in [5.74, 6) is 1.04. The number of nitrogens with one attached hydrogen (secondary N) is 1. The van der Waals surface area contributed by atoms with Crippen LogP contribution in [0.1, 0.15) is 26.2 Å². The quantitative estimate of drug-likeness (QED) is 0.544. The fourth-order valence-electron chi connectivity index (χ4n) is 1.34. The van der Waals surface area contributed by atoms with Crippen LogP contribution in [0.3, 0.4) is 0 Å². The average Bonchev–Trinajstić information content (AvgIpc) is 2.33. The first-order valence-electron chi connectivity index (χ1n) is 5.89. The molecule has 0 aliphatic carbocycles. The van der Waals surface area contributed by atoms with Crippen LogP contribution in [0.5, 0.6) is 0 Å². The van der Waals surface area contributed by atoms with E-state index in [1.807, 2.05) is 6.92 Å². The fraction of sp³-hybridized carbons (Fsp3) is 0.667. The second-order valence-electron chi connectivity index (χ2n) is 3.81. The van der Waals surface area contributed by atoms with Crippen molar-refractivity contribution >= 4 is 12.0 Å². The number of nitrogens with zero attached hydrogens (tertiary/aromatic N) is 1. The minimum Gasteiger partial charge on any atom is -0.480 e. The predicted octanol–water partition coefficient (Wildman–Crippen LogP) is 0.267. The normalized spacial score (nSPS) is 11.4. The molecule has 1 atom stereocenters. The van der Waals surface area contributed by atoms with E-state index in [1.165, 1.54) is 4.90 Å². The van der Waals surface area contributed by atoms with Gasteiger partial charge in [-0.2, -0.15) is 0 Å². The van der Waals surface area contributed by atoms with Crippen LogP contribution in [-0.4, -0.2) is 52.9 Å². The number of unbranched alkanes of at least 4 members (excludes halogenated alkanes) is 1. The molecular weight excluding hydrogens is 236 g/mol. The van der Waals surface area contributed by atoms with Crippen LogP contribution >= 0.6 is 0 Å². The number of hydrogen-bond acceptors (Lipinski definition) is 3. The highest BCUT2D eigenvalue weighted by Gasteiger charge is 2.21. The number of carboxylic acids is 1. The summed E-state index contributed by atoms with van der Waals surface area (Å²) in [7, 11) is 0. The van der Waals surface area contributed by atoms with Crippen molar-refractivity contribution in [3.05, 3.63) is 0 Å². The Labute approximate surface area is 107 Å². The van der Waals surface area contributed by atoms with Gasteiger partial charge in [0.2, 0.25) is 0 Å². The van der Waals surface area contributed by atoms with Crippen LogP contribution in [0.2, 0.25) is 0 Å². The lowest BCUT2D eigenvalue weighted by atomic mass is 10.2. The molecule has 6 heteroatoms. The van der Waals surface area contributed by atoms with Crippen molar-refractivity contribution < 1.29 is 19.8 Å². The molecule has 2 amide bonds. The van der Waals surface area contributed by atoms with Crippen molar-refractivity contribution in [3.8, 4) is 12.3 Å². The van der Waals surface area contributed by atoms with Gasteiger partial charge in [-0.1, -0.05) is 13.3 Å². The van der Waals surface area contributed by atoms with Gasteiger partial charge >= 0.3 is 12.0 Å². The Kier molecular flexibility index (Phi) is 8.41. The van der Waals surface area contributed by atoms with Crippen molar-refractivity contribution in [1.82, 2.24) is 10.2 Å². The Balaban J connectivity index is 4.46. The second-order valence-corrected chi connectivity index (χ2v) is 3.81. The Bertz CT molecular complexity index is 312. The van der Waals surface area contributed by atoms with Crippen molar-refractivity contribution in [3.63, 3.8) is 0 Å². The van der Waals surface area contributed by atoms with Crippen molar-refractivity contribution in [2.45, 2.75) is 32.2 Å². The maximum atomic E-state index is 11.8. The number of carbonyl (C=O) groups excluding carboxylic acids is 1. The zero-order valence-corrected chi connectivity index (χ0v) is 10.6. The molecule has 0 rings (SSSR count). The monoisotopic (exact) mass is 256 g/mol. The van der Waals surface area contributed by atoms with Gasteiger partial charge in [0, 0.05) is 19.5 Å². The molecule has 0 aromatic heterocycles. The molecule has 18 heavy (non-hydrogen) atoms. The molecule has 1 unspecified atom stereocenters. The number of aliphatic hydroxyl groups excluding tert-OH is 1. The highest BCUT2D eigenvalue weighted by atomic mass is 16.4. The van der Waals surface area contributed by atoms with Gasteiger partial charge in [0.05, 0.1) is 6.61 Å². The van der Waals surface area contributed by atoms with E-state index in [9.17, 15) is 9.59 Å². The summed E-state index contributed by atoms with van der Waals surface area (Å²) in [4.78, 5) is 24.0. The largest absolute Gasteiger partial charge is 0.480 e. The lowest BCUT2D eigenvalue weighted by Crippen LogP contribution is -2.48. The van der Waals surface area contributed by atoms with Crippen molar-refractivity contribution in [2.24, 2.45) is 0 Å². The second kappa shape index (κ2) is 9.31. The van der Waals surface area contributed by atoms with Crippen LogP contribution in [0.4, 0.5) is 4.79 Å². The van der Waals surface area contributed by atoms with E-state index in [0.717, 1.165) is 12.8 Å². The Morgan fingerprint density at radius 2 is 2.11 bits per heavy atom. The molecule has 0 saturated heterocycles. The number of aliphatic carboxylic acids is 1. The maximum Gasteiger partial charge on any atom is 0.327 e.